The summed E-state index contributed by atoms with van der Waals surface area (Å²) in [7, 11) is 5.93. The van der Waals surface area contributed by atoms with E-state index in [4.69, 9.17) is 37.4 Å². The van der Waals surface area contributed by atoms with Gasteiger partial charge in [-0.1, -0.05) is 77.8 Å². The van der Waals surface area contributed by atoms with Gasteiger partial charge >= 0.3 is 0 Å². The zero-order valence-corrected chi connectivity index (χ0v) is 76.8. The molecule has 20 aromatic rings. The Labute approximate surface area is 791 Å². The maximum atomic E-state index is 14.7. The fourth-order valence-corrected chi connectivity index (χ4v) is 18.9. The summed E-state index contributed by atoms with van der Waals surface area (Å²) in [6, 6.07) is 69.0. The van der Waals surface area contributed by atoms with Crippen LogP contribution in [-0.4, -0.2) is 236 Å². The molecule has 25 rings (SSSR count). The topological polar surface area (TPSA) is 316 Å². The molecular formula is C103H96Cl2FN23O8. The Balaban J connectivity index is 0.000000102. The van der Waals surface area contributed by atoms with Gasteiger partial charge < -0.3 is 53.8 Å². The number of benzene rings is 10. The number of halogens is 3. The maximum Gasteiger partial charge on any atom is 0.280 e. The number of anilines is 5. The summed E-state index contributed by atoms with van der Waals surface area (Å²) in [5, 5.41) is 28.1. The van der Waals surface area contributed by atoms with Crippen LogP contribution in [0.5, 0.6) is 5.75 Å². The number of rotatable bonds is 11. The number of nitrogens with one attached hydrogen (secondary N) is 6. The number of H-pyrrole nitrogens is 5. The van der Waals surface area contributed by atoms with E-state index in [0.717, 1.165) is 208 Å². The predicted octanol–water partition coefficient (Wildman–Crippen LogP) is 14.4. The number of likely N-dealkylation sites (N-methyl/N-ethyl adjacent to an activating group) is 2. The van der Waals surface area contributed by atoms with Crippen LogP contribution in [0.1, 0.15) is 0 Å². The summed E-state index contributed by atoms with van der Waals surface area (Å²) < 4.78 is 38.4. The third-order valence-corrected chi connectivity index (χ3v) is 26.7. The number of para-hydroxylation sites is 3. The molecule has 6 N–H and O–H groups in total. The highest BCUT2D eigenvalue weighted by molar-refractivity contribution is 6.34. The monoisotopic (exact) mass is 1870 g/mol. The van der Waals surface area contributed by atoms with Crippen molar-refractivity contribution >= 4 is 161 Å². The molecule has 0 atom stereocenters. The summed E-state index contributed by atoms with van der Waals surface area (Å²) in [4.78, 5) is 103. The molecule has 31 nitrogen and oxygen atoms in total. The molecule has 5 aliphatic heterocycles. The lowest BCUT2D eigenvalue weighted by molar-refractivity contribution is 0.122. The lowest BCUT2D eigenvalue weighted by atomic mass is 10.1. The summed E-state index contributed by atoms with van der Waals surface area (Å²) in [6.07, 6.45) is 8.13. The van der Waals surface area contributed by atoms with Crippen molar-refractivity contribution in [2.24, 2.45) is 0 Å². The minimum absolute atomic E-state index is 0.0752. The number of ether oxygens (including phenoxy) is 3. The fraction of sp³-hybridized carbons (Fsp3) is 0.223. The van der Waals surface area contributed by atoms with Crippen molar-refractivity contribution in [1.29, 1.82) is 0 Å². The van der Waals surface area contributed by atoms with E-state index in [1.807, 2.05) is 144 Å². The number of fused-ring (bicyclic) bond motifs is 15. The smallest absolute Gasteiger partial charge is 0.280 e. The zero-order chi connectivity index (χ0) is 93.5. The molecule has 5 aliphatic rings. The molecule has 0 saturated carbocycles. The highest BCUT2D eigenvalue weighted by Crippen LogP contribution is 2.37. The maximum absolute atomic E-state index is 14.7. The van der Waals surface area contributed by atoms with Crippen molar-refractivity contribution in [3.8, 4) is 34.2 Å². The minimum Gasteiger partial charge on any atom is -0.497 e. The number of hydrogen-bond acceptors (Lipinski definition) is 21. The molecule has 34 heteroatoms. The average Bonchev–Trinajstić information content (AvgIpc) is 1.67. The lowest BCUT2D eigenvalue weighted by Gasteiger charge is -2.34. The standard InChI is InChI=1S/C21H20ClN5O.C21H21N5O2.C21H21N5O.C20H17ClN4O2.C20H17FN4O2/c1-25-8-10-26(11-9-25)16-6-7-17-19(12-16)23-13-18-20(17)24-27(21(18)28)15-4-2-14(22)3-5-15;1-28-16-5-2-14(3-6-16)26-21(27)18-13-23-19-12-15(25-10-8-22-9-11-25)4-7-17(19)20(18)24-26;1-24-9-11-25(12-10-24)16-7-8-17-19(13-16)22-14-18-20(17)23-26(21(18)27)15-5-3-2-4-6-15;2*21-16-11-17-14(10-18(16)24-6-8-27-9-7-24)19-15(12-22-17)20(26)25(23-19)13-4-2-1-3-5-13/h2-7,12-13,24H,8-11H2,1H3;2-7,12-13,22,24H,8-11H2,1H3;2-8,13-14,23H,9-12H2,1H3;2*1-5,10-12,23H,6-9H2. The molecule has 0 unspecified atom stereocenters. The summed E-state index contributed by atoms with van der Waals surface area (Å²) in [5.74, 6) is 0.432. The Morgan fingerprint density at radius 2 is 0.606 bits per heavy atom. The van der Waals surface area contributed by atoms with E-state index in [1.54, 1.807) is 64.1 Å². The number of methoxy groups -OCH3 is 1. The van der Waals surface area contributed by atoms with Crippen LogP contribution in [-0.2, 0) is 9.47 Å². The van der Waals surface area contributed by atoms with E-state index in [-0.39, 0.29) is 33.6 Å². The van der Waals surface area contributed by atoms with E-state index in [0.29, 0.717) is 93.2 Å². The highest BCUT2D eigenvalue weighted by Gasteiger charge is 2.26. The second-order valence-corrected chi connectivity index (χ2v) is 35.3. The van der Waals surface area contributed by atoms with Crippen molar-refractivity contribution in [3.05, 3.63) is 317 Å². The van der Waals surface area contributed by atoms with Crippen LogP contribution >= 0.6 is 23.2 Å². The van der Waals surface area contributed by atoms with Crippen molar-refractivity contribution < 1.29 is 18.6 Å². The van der Waals surface area contributed by atoms with Crippen molar-refractivity contribution in [2.75, 3.05) is 177 Å². The molecule has 137 heavy (non-hydrogen) atoms. The molecule has 0 spiro atoms. The van der Waals surface area contributed by atoms with Gasteiger partial charge in [-0.25, -0.2) is 27.8 Å². The molecule has 0 bridgehead atoms. The molecule has 15 heterocycles. The molecule has 5 saturated heterocycles. The summed E-state index contributed by atoms with van der Waals surface area (Å²) in [5.41, 5.74) is 16.0. The first-order valence-electron chi connectivity index (χ1n) is 45.6. The Hall–Kier alpha value is -15.3. The third-order valence-electron chi connectivity index (χ3n) is 26.1. The summed E-state index contributed by atoms with van der Waals surface area (Å²) in [6.45, 7) is 17.6. The average molecular weight is 1870 g/mol. The number of hydrogen-bond donors (Lipinski definition) is 6. The second-order valence-electron chi connectivity index (χ2n) is 34.4. The van der Waals surface area contributed by atoms with E-state index in [1.165, 1.54) is 33.0 Å². The molecule has 0 radical (unpaired) electrons. The summed E-state index contributed by atoms with van der Waals surface area (Å²) >= 11 is 12.5. The number of aromatic nitrogens is 15. The van der Waals surface area contributed by atoms with Crippen LogP contribution in [0.2, 0.25) is 10.0 Å². The quantitative estimate of drug-likeness (QED) is 0.0701. The molecular weight excluding hydrogens is 1780 g/mol. The van der Waals surface area contributed by atoms with E-state index in [9.17, 15) is 28.4 Å². The Bertz CT molecular complexity index is 8020. The van der Waals surface area contributed by atoms with Gasteiger partial charge in [0.2, 0.25) is 0 Å². The van der Waals surface area contributed by atoms with Gasteiger partial charge in [0.1, 0.15) is 11.6 Å². The van der Waals surface area contributed by atoms with Crippen molar-refractivity contribution in [3.63, 3.8) is 0 Å². The van der Waals surface area contributed by atoms with Gasteiger partial charge in [0.25, 0.3) is 27.8 Å². The molecule has 5 fully saturated rings. The Morgan fingerprint density at radius 3 is 0.964 bits per heavy atom. The van der Waals surface area contributed by atoms with Crippen LogP contribution < -0.4 is 62.3 Å². The van der Waals surface area contributed by atoms with Crippen LogP contribution in [0.3, 0.4) is 0 Å². The number of morpholine rings is 2. The molecule has 10 aromatic heterocycles. The van der Waals surface area contributed by atoms with E-state index >= 15 is 0 Å². The number of pyridine rings is 5. The largest absolute Gasteiger partial charge is 0.497 e. The van der Waals surface area contributed by atoms with Crippen molar-refractivity contribution in [2.45, 2.75) is 0 Å². The van der Waals surface area contributed by atoms with E-state index in [2.05, 4.69) is 154 Å². The first-order chi connectivity index (χ1) is 67.0. The van der Waals surface area contributed by atoms with Gasteiger partial charge in [-0.05, 0) is 172 Å². The Morgan fingerprint density at radius 1 is 0.307 bits per heavy atom. The van der Waals surface area contributed by atoms with Crippen LogP contribution in [0.25, 0.3) is 137 Å². The van der Waals surface area contributed by atoms with Crippen LogP contribution in [0.4, 0.5) is 32.8 Å². The number of piperazine rings is 3. The van der Waals surface area contributed by atoms with Crippen LogP contribution in [0.15, 0.2) is 273 Å². The highest BCUT2D eigenvalue weighted by atomic mass is 35.5. The first kappa shape index (κ1) is 88.3. The third kappa shape index (κ3) is 17.6. The molecule has 692 valence electrons. The normalized spacial score (nSPS) is 15.2. The molecule has 10 aromatic carbocycles. The Kier molecular flexibility index (Phi) is 24.6. The lowest BCUT2D eigenvalue weighted by Crippen LogP contribution is -2.44. The van der Waals surface area contributed by atoms with E-state index < -0.39 is 0 Å². The van der Waals surface area contributed by atoms with Crippen LogP contribution in [0, 0.1) is 5.82 Å². The minimum atomic E-state index is -0.318. The zero-order valence-electron chi connectivity index (χ0n) is 75.3. The molecule has 0 aliphatic carbocycles. The first-order valence-corrected chi connectivity index (χ1v) is 46.4. The van der Waals surface area contributed by atoms with Gasteiger partial charge in [-0.2, -0.15) is 0 Å². The SMILES string of the molecule is CN1CCN(c2ccc3c(c2)ncc2c(=O)n(-c4ccc(Cl)cc4)[nH]c23)CC1.CN1CCN(c2ccc3c(c2)ncc2c(=O)n(-c4ccccc4)[nH]c23)CC1.COc1ccc(-n2[nH]c3c(cnc4cc(N5CCNCC5)ccc43)c2=O)cc1.O=c1c2cnc3cc(Cl)c(N4CCOCC4)cc3c2[nH]n1-c1ccccc1.O=c1c2cnc3cc(F)c(N4CCOCC4)cc3c2[nH]n1-c1ccccc1. The fourth-order valence-electron chi connectivity index (χ4n) is 18.5. The van der Waals surface area contributed by atoms with Gasteiger partial charge in [0.05, 0.1) is 160 Å². The van der Waals surface area contributed by atoms with Gasteiger partial charge in [0.15, 0.2) is 0 Å². The second kappa shape index (κ2) is 38.2. The van der Waals surface area contributed by atoms with Gasteiger partial charge in [-0.15, -0.1) is 0 Å². The number of aromatic amines is 5. The van der Waals surface area contributed by atoms with Crippen molar-refractivity contribution in [1.82, 2.24) is 88.9 Å². The number of nitrogens with zero attached hydrogens (tertiary/aromatic N) is 17. The molecule has 0 amide bonds. The van der Waals surface area contributed by atoms with Gasteiger partial charge in [0, 0.05) is 191 Å². The van der Waals surface area contributed by atoms with Gasteiger partial charge in [-0.3, -0.25) is 74.4 Å². The predicted molar refractivity (Wildman–Crippen MR) is 543 cm³/mol.